The summed E-state index contributed by atoms with van der Waals surface area (Å²) >= 11 is 3.04. The lowest BCUT2D eigenvalue weighted by atomic mass is 9.87. The first-order valence-corrected chi connectivity index (χ1v) is 10.1. The van der Waals surface area contributed by atoms with Gasteiger partial charge in [-0.05, 0) is 47.4 Å². The lowest BCUT2D eigenvalue weighted by Crippen LogP contribution is -2.52. The minimum atomic E-state index is -6.06. The van der Waals surface area contributed by atoms with E-state index in [2.05, 4.69) is 24.8 Å². The summed E-state index contributed by atoms with van der Waals surface area (Å²) < 4.78 is 88.5. The predicted octanol–water partition coefficient (Wildman–Crippen LogP) is 5.72. The van der Waals surface area contributed by atoms with E-state index in [4.69, 9.17) is 0 Å². The van der Waals surface area contributed by atoms with Gasteiger partial charge in [-0.15, -0.1) is 0 Å². The predicted molar refractivity (Wildman–Crippen MR) is 99.4 cm³/mol. The molecule has 0 aliphatic carbocycles. The van der Waals surface area contributed by atoms with Gasteiger partial charge in [-0.3, -0.25) is 0 Å². The summed E-state index contributed by atoms with van der Waals surface area (Å²) in [7, 11) is -6.06. The van der Waals surface area contributed by atoms with Crippen molar-refractivity contribution in [2.24, 2.45) is 0 Å². The Kier molecular flexibility index (Phi) is 6.06. The van der Waals surface area contributed by atoms with Crippen LogP contribution >= 0.6 is 15.9 Å². The van der Waals surface area contributed by atoms with E-state index in [1.54, 1.807) is 0 Å². The van der Waals surface area contributed by atoms with Gasteiger partial charge in [0.2, 0.25) is 0 Å². The van der Waals surface area contributed by atoms with E-state index in [9.17, 15) is 26.0 Å². The van der Waals surface area contributed by atoms with Crippen molar-refractivity contribution in [2.75, 3.05) is 0 Å². The van der Waals surface area contributed by atoms with E-state index in [1.807, 2.05) is 20.8 Å². The molecule has 0 radical (unpaired) electrons. The molecule has 0 saturated carbocycles. The molecular formula is C18H17BrF4O4S. The third-order valence-electron chi connectivity index (χ3n) is 3.64. The zero-order chi connectivity index (χ0) is 21.4. The second-order valence-electron chi connectivity index (χ2n) is 6.90. The van der Waals surface area contributed by atoms with Crippen LogP contribution in [0.4, 0.5) is 17.6 Å². The van der Waals surface area contributed by atoms with Gasteiger partial charge in [0.1, 0.15) is 11.5 Å². The van der Waals surface area contributed by atoms with Gasteiger partial charge < -0.3 is 8.92 Å². The molecule has 0 atom stereocenters. The molecule has 0 saturated heterocycles. The van der Waals surface area contributed by atoms with Gasteiger partial charge in [0.05, 0.1) is 0 Å². The van der Waals surface area contributed by atoms with Gasteiger partial charge in [-0.2, -0.15) is 26.0 Å². The highest BCUT2D eigenvalue weighted by Crippen LogP contribution is 2.41. The summed E-state index contributed by atoms with van der Waals surface area (Å²) in [5.74, 6) is -1.16. The Hall–Kier alpha value is -1.81. The van der Waals surface area contributed by atoms with E-state index >= 15 is 0 Å². The van der Waals surface area contributed by atoms with Gasteiger partial charge in [0.15, 0.2) is 0 Å². The molecular weight excluding hydrogens is 468 g/mol. The van der Waals surface area contributed by atoms with Crippen molar-refractivity contribution in [3.8, 4) is 11.5 Å². The number of halogens is 5. The molecule has 2 rings (SSSR count). The lowest BCUT2D eigenvalue weighted by Gasteiger charge is -2.25. The SMILES string of the molecule is CC(C)(C)c1ccc(OS(=O)(=O)C(F)(F)C(F)(F)Oc2ccc(Br)cc2)cc1. The van der Waals surface area contributed by atoms with E-state index in [0.717, 1.165) is 29.8 Å². The van der Waals surface area contributed by atoms with Crippen molar-refractivity contribution in [1.82, 2.24) is 0 Å². The van der Waals surface area contributed by atoms with Gasteiger partial charge in [0, 0.05) is 4.47 Å². The second-order valence-corrected chi connectivity index (χ2v) is 9.40. The molecule has 2 aromatic carbocycles. The van der Waals surface area contributed by atoms with Crippen molar-refractivity contribution in [1.29, 1.82) is 0 Å². The highest BCUT2D eigenvalue weighted by atomic mass is 79.9. The highest BCUT2D eigenvalue weighted by Gasteiger charge is 2.70. The van der Waals surface area contributed by atoms with Crippen molar-refractivity contribution >= 4 is 26.0 Å². The molecule has 0 fully saturated rings. The highest BCUT2D eigenvalue weighted by molar-refractivity contribution is 9.10. The molecule has 0 amide bonds. The first-order chi connectivity index (χ1) is 12.7. The second kappa shape index (κ2) is 7.55. The van der Waals surface area contributed by atoms with Crippen molar-refractivity contribution < 1.29 is 34.9 Å². The van der Waals surface area contributed by atoms with Crippen molar-refractivity contribution in [3.05, 3.63) is 58.6 Å². The molecule has 0 unspecified atom stereocenters. The minimum absolute atomic E-state index is 0.285. The number of hydrogen-bond donors (Lipinski definition) is 0. The largest absolute Gasteiger partial charge is 0.484 e. The Morgan fingerprint density at radius 2 is 1.29 bits per heavy atom. The standard InChI is InChI=1S/C18H17BrF4O4S/c1-16(2,3)12-4-8-15(9-5-12)27-28(24,25)18(22,23)17(20,21)26-14-10-6-13(19)7-11-14/h4-11H,1-3H3. The molecule has 0 bridgehead atoms. The molecule has 0 N–H and O–H groups in total. The van der Waals surface area contributed by atoms with Crippen LogP contribution in [0.2, 0.25) is 0 Å². The summed E-state index contributed by atoms with van der Waals surface area (Å²) in [6, 6.07) is 9.64. The van der Waals surface area contributed by atoms with Crippen LogP contribution in [0, 0.1) is 0 Å². The molecule has 0 aromatic heterocycles. The quantitative estimate of drug-likeness (QED) is 0.388. The van der Waals surface area contributed by atoms with E-state index < -0.39 is 33.0 Å². The fraction of sp³-hybridized carbons (Fsp3) is 0.333. The average Bonchev–Trinajstić information content (AvgIpc) is 2.56. The molecule has 0 aliphatic rings. The Morgan fingerprint density at radius 3 is 1.75 bits per heavy atom. The van der Waals surface area contributed by atoms with E-state index in [-0.39, 0.29) is 5.41 Å². The van der Waals surface area contributed by atoms with E-state index in [0.29, 0.717) is 4.47 Å². The number of rotatable bonds is 6. The molecule has 10 heteroatoms. The Morgan fingerprint density at radius 1 is 0.821 bits per heavy atom. The number of alkyl halides is 4. The molecule has 0 heterocycles. The minimum Gasteiger partial charge on any atom is -0.427 e. The van der Waals surface area contributed by atoms with Gasteiger partial charge in [0.25, 0.3) is 0 Å². The van der Waals surface area contributed by atoms with Crippen LogP contribution in [0.3, 0.4) is 0 Å². The third-order valence-corrected chi connectivity index (χ3v) is 5.44. The van der Waals surface area contributed by atoms with E-state index in [1.165, 1.54) is 24.3 Å². The summed E-state index contributed by atoms with van der Waals surface area (Å²) in [4.78, 5) is 0. The smallest absolute Gasteiger partial charge is 0.427 e. The normalized spacial score (nSPS) is 13.3. The summed E-state index contributed by atoms with van der Waals surface area (Å²) in [6.45, 7) is 5.65. The van der Waals surface area contributed by atoms with Crippen molar-refractivity contribution in [2.45, 2.75) is 37.5 Å². The average molecular weight is 485 g/mol. The van der Waals surface area contributed by atoms with Crippen molar-refractivity contribution in [3.63, 3.8) is 0 Å². The molecule has 4 nitrogen and oxygen atoms in total. The first-order valence-electron chi connectivity index (χ1n) is 7.90. The fourth-order valence-electron chi connectivity index (χ4n) is 2.05. The Labute approximate surface area is 168 Å². The maximum absolute atomic E-state index is 14.1. The Balaban J connectivity index is 2.25. The molecule has 28 heavy (non-hydrogen) atoms. The van der Waals surface area contributed by atoms with Gasteiger partial charge in [-0.25, -0.2) is 0 Å². The molecule has 2 aromatic rings. The number of benzene rings is 2. The van der Waals surface area contributed by atoms with Crippen LogP contribution in [0.15, 0.2) is 53.0 Å². The monoisotopic (exact) mass is 484 g/mol. The molecule has 0 spiro atoms. The maximum atomic E-state index is 14.1. The van der Waals surface area contributed by atoms with Gasteiger partial charge >= 0.3 is 21.5 Å². The topological polar surface area (TPSA) is 52.6 Å². The van der Waals surface area contributed by atoms with Crippen LogP contribution in [0.5, 0.6) is 11.5 Å². The number of ether oxygens (including phenoxy) is 1. The summed E-state index contributed by atoms with van der Waals surface area (Å²) in [6.07, 6.45) is -5.37. The third kappa shape index (κ3) is 4.78. The zero-order valence-corrected chi connectivity index (χ0v) is 17.5. The summed E-state index contributed by atoms with van der Waals surface area (Å²) in [5.41, 5.74) is 0.486. The maximum Gasteiger partial charge on any atom is 0.484 e. The van der Waals surface area contributed by atoms with Crippen LogP contribution in [-0.2, 0) is 15.5 Å². The lowest BCUT2D eigenvalue weighted by molar-refractivity contribution is -0.274. The Bertz CT molecular complexity index is 922. The first kappa shape index (κ1) is 22.5. The van der Waals surface area contributed by atoms with Crippen LogP contribution in [0.25, 0.3) is 0 Å². The summed E-state index contributed by atoms with van der Waals surface area (Å²) in [5, 5.41) is -5.64. The fourth-order valence-corrected chi connectivity index (χ4v) is 3.11. The van der Waals surface area contributed by atoms with Crippen LogP contribution in [-0.4, -0.2) is 19.8 Å². The van der Waals surface area contributed by atoms with Crippen LogP contribution < -0.4 is 8.92 Å². The van der Waals surface area contributed by atoms with Crippen LogP contribution in [0.1, 0.15) is 26.3 Å². The molecule has 0 aliphatic heterocycles. The number of hydrogen-bond acceptors (Lipinski definition) is 4. The zero-order valence-electron chi connectivity index (χ0n) is 15.0. The molecule has 154 valence electrons. The van der Waals surface area contributed by atoms with Gasteiger partial charge in [-0.1, -0.05) is 48.8 Å².